The summed E-state index contributed by atoms with van der Waals surface area (Å²) < 4.78 is 14.2. The molecular formula is C15H11BrFN3O. The number of carbonyl (C=O) groups excluding carboxylic acids is 1. The third-order valence-electron chi connectivity index (χ3n) is 2.99. The molecule has 2 rings (SSSR count). The van der Waals surface area contributed by atoms with Gasteiger partial charge in [-0.25, -0.2) is 4.39 Å². The molecule has 2 aromatic rings. The van der Waals surface area contributed by atoms with Gasteiger partial charge >= 0.3 is 0 Å². The average molecular weight is 348 g/mol. The molecule has 0 saturated heterocycles. The third kappa shape index (κ3) is 3.20. The fraction of sp³-hybridized carbons (Fsp3) is 0.0667. The molecular weight excluding hydrogens is 337 g/mol. The van der Waals surface area contributed by atoms with Crippen molar-refractivity contribution in [2.24, 2.45) is 0 Å². The Morgan fingerprint density at radius 2 is 2.10 bits per heavy atom. The lowest BCUT2D eigenvalue weighted by molar-refractivity contribution is 0.102. The van der Waals surface area contributed by atoms with Crippen molar-refractivity contribution >= 4 is 33.2 Å². The molecule has 0 aliphatic carbocycles. The number of hydrogen-bond acceptors (Lipinski definition) is 3. The van der Waals surface area contributed by atoms with Crippen molar-refractivity contribution in [1.82, 2.24) is 0 Å². The summed E-state index contributed by atoms with van der Waals surface area (Å²) >= 11 is 3.26. The molecule has 0 aliphatic rings. The predicted octanol–water partition coefficient (Wildman–Crippen LogP) is 3.60. The number of benzene rings is 2. The van der Waals surface area contributed by atoms with Crippen LogP contribution in [0.15, 0.2) is 34.8 Å². The van der Waals surface area contributed by atoms with Crippen molar-refractivity contribution in [3.8, 4) is 6.07 Å². The van der Waals surface area contributed by atoms with E-state index in [2.05, 4.69) is 21.2 Å². The van der Waals surface area contributed by atoms with Crippen molar-refractivity contribution in [2.45, 2.75) is 6.92 Å². The topological polar surface area (TPSA) is 78.9 Å². The summed E-state index contributed by atoms with van der Waals surface area (Å²) in [4.78, 5) is 12.1. The molecule has 0 unspecified atom stereocenters. The first kappa shape index (κ1) is 15.0. The highest BCUT2D eigenvalue weighted by Crippen LogP contribution is 2.25. The zero-order chi connectivity index (χ0) is 15.6. The van der Waals surface area contributed by atoms with Gasteiger partial charge < -0.3 is 11.1 Å². The first-order valence-electron chi connectivity index (χ1n) is 5.99. The lowest BCUT2D eigenvalue weighted by Gasteiger charge is -2.09. The van der Waals surface area contributed by atoms with Crippen molar-refractivity contribution in [3.05, 3.63) is 57.3 Å². The second-order valence-electron chi connectivity index (χ2n) is 4.43. The van der Waals surface area contributed by atoms with Gasteiger partial charge in [0.2, 0.25) is 0 Å². The number of carbonyl (C=O) groups is 1. The standard InChI is InChI=1S/C15H11BrFN3O/c1-8-12(17)5-10(6-13(8)19)15(21)20-14-3-2-9(7-18)4-11(14)16/h2-6H,19H2,1H3,(H,20,21). The van der Waals surface area contributed by atoms with Crippen LogP contribution in [0.25, 0.3) is 0 Å². The van der Waals surface area contributed by atoms with E-state index >= 15 is 0 Å². The van der Waals surface area contributed by atoms with E-state index in [4.69, 9.17) is 11.0 Å². The molecule has 0 atom stereocenters. The highest BCUT2D eigenvalue weighted by Gasteiger charge is 2.12. The van der Waals surface area contributed by atoms with E-state index in [-0.39, 0.29) is 11.3 Å². The summed E-state index contributed by atoms with van der Waals surface area (Å²) in [6.07, 6.45) is 0. The number of hydrogen-bond donors (Lipinski definition) is 2. The van der Waals surface area contributed by atoms with Gasteiger partial charge in [-0.15, -0.1) is 0 Å². The fourth-order valence-electron chi connectivity index (χ4n) is 1.71. The van der Waals surface area contributed by atoms with Crippen molar-refractivity contribution < 1.29 is 9.18 Å². The summed E-state index contributed by atoms with van der Waals surface area (Å²) in [5.41, 5.74) is 7.27. The lowest BCUT2D eigenvalue weighted by Crippen LogP contribution is -2.13. The summed E-state index contributed by atoms with van der Waals surface area (Å²) in [6.45, 7) is 1.55. The second-order valence-corrected chi connectivity index (χ2v) is 5.29. The number of rotatable bonds is 2. The van der Waals surface area contributed by atoms with Crippen LogP contribution >= 0.6 is 15.9 Å². The Morgan fingerprint density at radius 1 is 1.38 bits per heavy atom. The molecule has 0 bridgehead atoms. The maximum atomic E-state index is 13.6. The molecule has 0 fully saturated rings. The minimum Gasteiger partial charge on any atom is -0.398 e. The van der Waals surface area contributed by atoms with Gasteiger partial charge in [0.1, 0.15) is 5.82 Å². The number of amides is 1. The Hall–Kier alpha value is -2.39. The van der Waals surface area contributed by atoms with Gasteiger partial charge in [-0.1, -0.05) is 0 Å². The zero-order valence-electron chi connectivity index (χ0n) is 11.1. The van der Waals surface area contributed by atoms with Crippen LogP contribution < -0.4 is 11.1 Å². The van der Waals surface area contributed by atoms with Gasteiger partial charge in [0.15, 0.2) is 0 Å². The third-order valence-corrected chi connectivity index (χ3v) is 3.65. The van der Waals surface area contributed by atoms with E-state index in [0.29, 0.717) is 21.3 Å². The first-order chi connectivity index (χ1) is 9.92. The predicted molar refractivity (Wildman–Crippen MR) is 82.4 cm³/mol. The van der Waals surface area contributed by atoms with Crippen LogP contribution in [0.4, 0.5) is 15.8 Å². The van der Waals surface area contributed by atoms with E-state index in [1.54, 1.807) is 25.1 Å². The SMILES string of the molecule is Cc1c(N)cc(C(=O)Nc2ccc(C#N)cc2Br)cc1F. The van der Waals surface area contributed by atoms with Crippen LogP contribution in [0.5, 0.6) is 0 Å². The number of nitrogens with two attached hydrogens (primary N) is 1. The quantitative estimate of drug-likeness (QED) is 0.814. The number of nitrogens with zero attached hydrogens (tertiary/aromatic N) is 1. The summed E-state index contributed by atoms with van der Waals surface area (Å²) in [7, 11) is 0. The van der Waals surface area contributed by atoms with Gasteiger partial charge in [-0.05, 0) is 53.2 Å². The van der Waals surface area contributed by atoms with E-state index < -0.39 is 11.7 Å². The van der Waals surface area contributed by atoms with Crippen LogP contribution in [-0.4, -0.2) is 5.91 Å². The fourth-order valence-corrected chi connectivity index (χ4v) is 2.19. The molecule has 0 spiro atoms. The molecule has 6 heteroatoms. The lowest BCUT2D eigenvalue weighted by atomic mass is 10.1. The smallest absolute Gasteiger partial charge is 0.255 e. The number of nitrogens with one attached hydrogen (secondary N) is 1. The molecule has 2 aromatic carbocycles. The van der Waals surface area contributed by atoms with E-state index in [9.17, 15) is 9.18 Å². The summed E-state index contributed by atoms with van der Waals surface area (Å²) in [5.74, 6) is -1.01. The normalized spacial score (nSPS) is 10.0. The van der Waals surface area contributed by atoms with Crippen LogP contribution in [-0.2, 0) is 0 Å². The summed E-state index contributed by atoms with van der Waals surface area (Å²) in [6, 6.07) is 9.30. The molecule has 0 radical (unpaired) electrons. The Labute approximate surface area is 129 Å². The van der Waals surface area contributed by atoms with Crippen molar-refractivity contribution in [3.63, 3.8) is 0 Å². The highest BCUT2D eigenvalue weighted by atomic mass is 79.9. The van der Waals surface area contributed by atoms with E-state index in [1.165, 1.54) is 6.07 Å². The molecule has 3 N–H and O–H groups in total. The Bertz CT molecular complexity index is 745. The molecule has 0 aromatic heterocycles. The number of nitriles is 1. The minimum absolute atomic E-state index is 0.131. The van der Waals surface area contributed by atoms with Gasteiger partial charge in [-0.2, -0.15) is 5.26 Å². The van der Waals surface area contributed by atoms with Gasteiger partial charge in [0.05, 0.1) is 17.3 Å². The Balaban J connectivity index is 2.28. The molecule has 0 aliphatic heterocycles. The van der Waals surface area contributed by atoms with Crippen molar-refractivity contribution in [1.29, 1.82) is 5.26 Å². The van der Waals surface area contributed by atoms with Gasteiger partial charge in [0.25, 0.3) is 5.91 Å². The molecule has 0 saturated carbocycles. The van der Waals surface area contributed by atoms with E-state index in [0.717, 1.165) is 6.07 Å². The Kier molecular flexibility index (Phi) is 4.24. The van der Waals surface area contributed by atoms with Gasteiger partial charge in [0, 0.05) is 21.3 Å². The molecule has 1 amide bonds. The second kappa shape index (κ2) is 5.94. The summed E-state index contributed by atoms with van der Waals surface area (Å²) in [5, 5.41) is 11.4. The minimum atomic E-state index is -0.529. The average Bonchev–Trinajstić information content (AvgIpc) is 2.46. The maximum absolute atomic E-state index is 13.6. The number of halogens is 2. The van der Waals surface area contributed by atoms with E-state index in [1.807, 2.05) is 6.07 Å². The maximum Gasteiger partial charge on any atom is 0.255 e. The van der Waals surface area contributed by atoms with Crippen LogP contribution in [0, 0.1) is 24.1 Å². The Morgan fingerprint density at radius 3 is 2.67 bits per heavy atom. The molecule has 0 heterocycles. The molecule has 21 heavy (non-hydrogen) atoms. The van der Waals surface area contributed by atoms with Crippen LogP contribution in [0.3, 0.4) is 0 Å². The largest absolute Gasteiger partial charge is 0.398 e. The van der Waals surface area contributed by atoms with Gasteiger partial charge in [-0.3, -0.25) is 4.79 Å². The molecule has 106 valence electrons. The number of nitrogen functional groups attached to an aromatic ring is 1. The van der Waals surface area contributed by atoms with Crippen molar-refractivity contribution in [2.75, 3.05) is 11.1 Å². The number of anilines is 2. The van der Waals surface area contributed by atoms with Crippen LogP contribution in [0.2, 0.25) is 0 Å². The highest BCUT2D eigenvalue weighted by molar-refractivity contribution is 9.10. The monoisotopic (exact) mass is 347 g/mol. The zero-order valence-corrected chi connectivity index (χ0v) is 12.7. The first-order valence-corrected chi connectivity index (χ1v) is 6.78. The molecule has 4 nitrogen and oxygen atoms in total. The van der Waals surface area contributed by atoms with Crippen LogP contribution in [0.1, 0.15) is 21.5 Å².